The summed E-state index contributed by atoms with van der Waals surface area (Å²) in [5.74, 6) is 0.158. The lowest BCUT2D eigenvalue weighted by Gasteiger charge is -2.29. The predicted octanol–water partition coefficient (Wildman–Crippen LogP) is 8.94. The van der Waals surface area contributed by atoms with E-state index in [-0.39, 0.29) is 12.5 Å². The number of rotatable bonds is 12. The number of ether oxygens (including phenoxy) is 1. The van der Waals surface area contributed by atoms with E-state index in [0.717, 1.165) is 55.6 Å². The first kappa shape index (κ1) is 25.8. The average Bonchev–Trinajstić information content (AvgIpc) is 2.81. The smallest absolute Gasteiger partial charge is 0.316 e. The summed E-state index contributed by atoms with van der Waals surface area (Å²) in [6, 6.07) is 12.1. The Morgan fingerprint density at radius 3 is 2.12 bits per heavy atom. The van der Waals surface area contributed by atoms with E-state index < -0.39 is 17.5 Å². The maximum atomic E-state index is 14.7. The number of unbranched alkanes of at least 4 members (excludes halogenated alkanes) is 2. The summed E-state index contributed by atoms with van der Waals surface area (Å²) in [6.07, 6.45) is 8.21. The number of benzene rings is 2. The molecule has 1 aliphatic rings. The van der Waals surface area contributed by atoms with Gasteiger partial charge in [0.05, 0.1) is 12.2 Å². The van der Waals surface area contributed by atoms with Crippen LogP contribution in [0.4, 0.5) is 13.2 Å². The molecule has 0 heterocycles. The van der Waals surface area contributed by atoms with E-state index in [0.29, 0.717) is 6.42 Å². The third kappa shape index (κ3) is 7.60. The van der Waals surface area contributed by atoms with Gasteiger partial charge in [-0.25, -0.2) is 4.39 Å². The van der Waals surface area contributed by atoms with Crippen LogP contribution in [0, 0.1) is 11.7 Å². The number of hydrogen-bond acceptors (Lipinski definition) is 1. The molecule has 33 heavy (non-hydrogen) atoms. The molecule has 2 aromatic rings. The summed E-state index contributed by atoms with van der Waals surface area (Å²) in [7, 11) is 0. The fourth-order valence-corrected chi connectivity index (χ4v) is 5.02. The number of alkyl halides is 2. The highest BCUT2D eigenvalue weighted by atomic mass is 19.3. The Kier molecular flexibility index (Phi) is 9.85. The van der Waals surface area contributed by atoms with Gasteiger partial charge in [-0.2, -0.15) is 8.78 Å². The molecule has 4 heteroatoms. The lowest BCUT2D eigenvalue weighted by atomic mass is 9.77. The van der Waals surface area contributed by atoms with Gasteiger partial charge in [-0.1, -0.05) is 76.3 Å². The molecule has 3 rings (SSSR count). The Morgan fingerprint density at radius 2 is 1.52 bits per heavy atom. The zero-order valence-corrected chi connectivity index (χ0v) is 20.2. The molecule has 0 radical (unpaired) electrons. The van der Waals surface area contributed by atoms with Gasteiger partial charge < -0.3 is 4.74 Å². The van der Waals surface area contributed by atoms with Crippen LogP contribution >= 0.6 is 0 Å². The first-order chi connectivity index (χ1) is 15.9. The maximum Gasteiger partial charge on any atom is 0.386 e. The van der Waals surface area contributed by atoms with Crippen molar-refractivity contribution in [2.24, 2.45) is 5.92 Å². The molecule has 0 spiro atoms. The second kappa shape index (κ2) is 12.6. The summed E-state index contributed by atoms with van der Waals surface area (Å²) in [5, 5.41) is 0. The van der Waals surface area contributed by atoms with Crippen molar-refractivity contribution in [3.8, 4) is 0 Å². The summed E-state index contributed by atoms with van der Waals surface area (Å²) in [6.45, 7) is 4.18. The summed E-state index contributed by atoms with van der Waals surface area (Å²) in [5.41, 5.74) is 2.34. The van der Waals surface area contributed by atoms with Crippen LogP contribution in [-0.2, 0) is 23.7 Å². The number of aryl methyl sites for hydroxylation is 1. The molecule has 0 atom stereocenters. The molecule has 1 saturated carbocycles. The summed E-state index contributed by atoms with van der Waals surface area (Å²) >= 11 is 0. The van der Waals surface area contributed by atoms with Gasteiger partial charge in [-0.05, 0) is 79.2 Å². The fraction of sp³-hybridized carbons (Fsp3) is 0.586. The molecule has 0 amide bonds. The Balaban J connectivity index is 1.51. The summed E-state index contributed by atoms with van der Waals surface area (Å²) < 4.78 is 48.7. The zero-order valence-electron chi connectivity index (χ0n) is 20.2. The lowest BCUT2D eigenvalue weighted by molar-refractivity contribution is -0.249. The minimum atomic E-state index is -3.64. The van der Waals surface area contributed by atoms with Crippen molar-refractivity contribution in [3.05, 3.63) is 70.5 Å². The van der Waals surface area contributed by atoms with Crippen LogP contribution in [0.3, 0.4) is 0 Å². The Hall–Kier alpha value is -1.81. The van der Waals surface area contributed by atoms with Crippen LogP contribution in [0.2, 0.25) is 0 Å². The standard InChI is InChI=1S/C29H39F3O/c1-3-5-6-8-23-13-15-25(16-14-23)26-17-18-27(28(30)21-26)29(31,32)33-20-19-24-11-9-22(7-4-2)10-12-24/h9-12,17-18,21,23,25H,3-8,13-16,19-20H2,1-2H3. The van der Waals surface area contributed by atoms with Crippen LogP contribution in [0.25, 0.3) is 0 Å². The van der Waals surface area contributed by atoms with Gasteiger partial charge in [0.1, 0.15) is 5.82 Å². The van der Waals surface area contributed by atoms with E-state index in [1.807, 2.05) is 24.3 Å². The van der Waals surface area contributed by atoms with Crippen molar-refractivity contribution >= 4 is 0 Å². The van der Waals surface area contributed by atoms with Gasteiger partial charge in [0, 0.05) is 0 Å². The minimum Gasteiger partial charge on any atom is -0.316 e. The van der Waals surface area contributed by atoms with Crippen molar-refractivity contribution in [1.29, 1.82) is 0 Å². The Bertz CT molecular complexity index is 838. The van der Waals surface area contributed by atoms with Gasteiger partial charge in [0.2, 0.25) is 0 Å². The van der Waals surface area contributed by atoms with E-state index in [1.165, 1.54) is 43.4 Å². The fourth-order valence-electron chi connectivity index (χ4n) is 5.02. The molecule has 0 aromatic heterocycles. The molecule has 0 saturated heterocycles. The molecule has 2 aromatic carbocycles. The molecule has 182 valence electrons. The lowest BCUT2D eigenvalue weighted by Crippen LogP contribution is -2.22. The highest BCUT2D eigenvalue weighted by Gasteiger charge is 2.36. The average molecular weight is 461 g/mol. The first-order valence-electron chi connectivity index (χ1n) is 12.8. The third-order valence-electron chi connectivity index (χ3n) is 7.08. The SMILES string of the molecule is CCCCCC1CCC(c2ccc(C(F)(F)OCCc3ccc(CCC)cc3)c(F)c2)CC1. The maximum absolute atomic E-state index is 14.7. The molecule has 0 unspecified atom stereocenters. The molecule has 1 aliphatic carbocycles. The van der Waals surface area contributed by atoms with Crippen molar-refractivity contribution < 1.29 is 17.9 Å². The highest BCUT2D eigenvalue weighted by Crippen LogP contribution is 2.39. The molecule has 1 nitrogen and oxygen atoms in total. The minimum absolute atomic E-state index is 0.163. The van der Waals surface area contributed by atoms with Crippen LogP contribution in [-0.4, -0.2) is 6.61 Å². The van der Waals surface area contributed by atoms with E-state index in [9.17, 15) is 13.2 Å². The predicted molar refractivity (Wildman–Crippen MR) is 129 cm³/mol. The van der Waals surface area contributed by atoms with E-state index >= 15 is 0 Å². The number of halogens is 3. The van der Waals surface area contributed by atoms with Crippen molar-refractivity contribution in [2.75, 3.05) is 6.61 Å². The largest absolute Gasteiger partial charge is 0.386 e. The summed E-state index contributed by atoms with van der Waals surface area (Å²) in [4.78, 5) is 0. The first-order valence-corrected chi connectivity index (χ1v) is 12.8. The van der Waals surface area contributed by atoms with Crippen molar-refractivity contribution in [2.45, 2.75) is 96.5 Å². The van der Waals surface area contributed by atoms with Gasteiger partial charge in [0.25, 0.3) is 0 Å². The molecule has 0 aliphatic heterocycles. The monoisotopic (exact) mass is 460 g/mol. The van der Waals surface area contributed by atoms with Crippen LogP contribution in [0.15, 0.2) is 42.5 Å². The molecule has 1 fully saturated rings. The normalized spacial score (nSPS) is 19.1. The van der Waals surface area contributed by atoms with Crippen LogP contribution < -0.4 is 0 Å². The zero-order chi connectivity index (χ0) is 23.7. The van der Waals surface area contributed by atoms with Gasteiger partial charge in [-0.3, -0.25) is 0 Å². The quantitative estimate of drug-likeness (QED) is 0.287. The Labute approximate surface area is 197 Å². The number of hydrogen-bond donors (Lipinski definition) is 0. The topological polar surface area (TPSA) is 9.23 Å². The van der Waals surface area contributed by atoms with E-state index in [2.05, 4.69) is 13.8 Å². The van der Waals surface area contributed by atoms with E-state index in [4.69, 9.17) is 4.74 Å². The second-order valence-corrected chi connectivity index (χ2v) is 9.63. The van der Waals surface area contributed by atoms with E-state index in [1.54, 1.807) is 6.07 Å². The van der Waals surface area contributed by atoms with Gasteiger partial charge >= 0.3 is 6.11 Å². The van der Waals surface area contributed by atoms with Crippen molar-refractivity contribution in [3.63, 3.8) is 0 Å². The van der Waals surface area contributed by atoms with Gasteiger partial charge in [-0.15, -0.1) is 0 Å². The van der Waals surface area contributed by atoms with Gasteiger partial charge in [0.15, 0.2) is 0 Å². The van der Waals surface area contributed by atoms with Crippen molar-refractivity contribution in [1.82, 2.24) is 0 Å². The van der Waals surface area contributed by atoms with Crippen LogP contribution in [0.1, 0.15) is 99.8 Å². The Morgan fingerprint density at radius 1 is 0.848 bits per heavy atom. The highest BCUT2D eigenvalue weighted by molar-refractivity contribution is 5.29. The second-order valence-electron chi connectivity index (χ2n) is 9.63. The molecular formula is C29H39F3O. The molecule has 0 N–H and O–H groups in total. The molecular weight excluding hydrogens is 421 g/mol. The van der Waals surface area contributed by atoms with Crippen LogP contribution in [0.5, 0.6) is 0 Å². The molecule has 0 bridgehead atoms. The third-order valence-corrected chi connectivity index (χ3v) is 7.08.